The van der Waals surface area contributed by atoms with Crippen molar-refractivity contribution in [3.63, 3.8) is 0 Å². The zero-order chi connectivity index (χ0) is 13.7. The summed E-state index contributed by atoms with van der Waals surface area (Å²) in [4.78, 5) is 18.8. The molecule has 0 saturated carbocycles. The number of nitrogens with zero attached hydrogens (tertiary/aromatic N) is 2. The lowest BCUT2D eigenvalue weighted by molar-refractivity contribution is -0.125. The highest BCUT2D eigenvalue weighted by Gasteiger charge is 2.26. The Balaban J connectivity index is 1.94. The topological polar surface area (TPSA) is 71.2 Å². The first kappa shape index (κ1) is 14.3. The van der Waals surface area contributed by atoms with Crippen LogP contribution in [0.15, 0.2) is 5.38 Å². The van der Waals surface area contributed by atoms with Crippen LogP contribution < -0.4 is 16.0 Å². The van der Waals surface area contributed by atoms with Crippen LogP contribution in [0.4, 0.5) is 5.13 Å². The Hall–Kier alpha value is -1.14. The summed E-state index contributed by atoms with van der Waals surface area (Å²) < 4.78 is 0. The number of hydrogen-bond acceptors (Lipinski definition) is 5. The van der Waals surface area contributed by atoms with Crippen molar-refractivity contribution in [3.8, 4) is 0 Å². The van der Waals surface area contributed by atoms with Gasteiger partial charge in [-0.3, -0.25) is 4.79 Å². The molecule has 1 atom stereocenters. The number of piperidine rings is 1. The van der Waals surface area contributed by atoms with Crippen LogP contribution in [0, 0.1) is 5.92 Å². The zero-order valence-corrected chi connectivity index (χ0v) is 12.2. The SMILES string of the molecule is CCc1csc(N2CCCC(C(=O)NCCN)C2)n1. The maximum atomic E-state index is 12.0. The number of nitrogens with two attached hydrogens (primary N) is 1. The second-order valence-corrected chi connectivity index (χ2v) is 5.68. The average Bonchev–Trinajstić information content (AvgIpc) is 2.94. The first-order valence-electron chi connectivity index (χ1n) is 6.91. The van der Waals surface area contributed by atoms with E-state index in [1.807, 2.05) is 0 Å². The summed E-state index contributed by atoms with van der Waals surface area (Å²) in [6.45, 7) is 4.93. The minimum atomic E-state index is 0.0641. The van der Waals surface area contributed by atoms with Gasteiger partial charge < -0.3 is 16.0 Å². The smallest absolute Gasteiger partial charge is 0.224 e. The highest BCUT2D eigenvalue weighted by molar-refractivity contribution is 7.13. The Morgan fingerprint density at radius 3 is 3.21 bits per heavy atom. The maximum absolute atomic E-state index is 12.0. The lowest BCUT2D eigenvalue weighted by Gasteiger charge is -2.31. The van der Waals surface area contributed by atoms with Gasteiger partial charge in [-0.15, -0.1) is 11.3 Å². The van der Waals surface area contributed by atoms with Crippen LogP contribution in [0.1, 0.15) is 25.5 Å². The predicted molar refractivity (Wildman–Crippen MR) is 78.5 cm³/mol. The predicted octanol–water partition coefficient (Wildman–Crippen LogP) is 0.997. The van der Waals surface area contributed by atoms with Gasteiger partial charge >= 0.3 is 0 Å². The molecule has 0 aliphatic carbocycles. The molecule has 1 aliphatic rings. The number of anilines is 1. The lowest BCUT2D eigenvalue weighted by Crippen LogP contribution is -2.44. The Kier molecular flexibility index (Phi) is 5.15. The molecule has 0 aromatic carbocycles. The van der Waals surface area contributed by atoms with Gasteiger partial charge in [-0.2, -0.15) is 0 Å². The average molecular weight is 282 g/mol. The van der Waals surface area contributed by atoms with Gasteiger partial charge in [0, 0.05) is 31.6 Å². The summed E-state index contributed by atoms with van der Waals surface area (Å²) in [7, 11) is 0. The van der Waals surface area contributed by atoms with E-state index < -0.39 is 0 Å². The van der Waals surface area contributed by atoms with Crippen molar-refractivity contribution in [2.75, 3.05) is 31.1 Å². The van der Waals surface area contributed by atoms with Gasteiger partial charge in [-0.1, -0.05) is 6.92 Å². The fourth-order valence-corrected chi connectivity index (χ4v) is 3.25. The van der Waals surface area contributed by atoms with Gasteiger partial charge in [-0.05, 0) is 19.3 Å². The van der Waals surface area contributed by atoms with E-state index in [4.69, 9.17) is 5.73 Å². The van der Waals surface area contributed by atoms with Crippen LogP contribution in [0.3, 0.4) is 0 Å². The van der Waals surface area contributed by atoms with E-state index >= 15 is 0 Å². The van der Waals surface area contributed by atoms with Gasteiger partial charge in [0.2, 0.25) is 5.91 Å². The molecular formula is C13H22N4OS. The molecule has 1 amide bonds. The molecule has 5 nitrogen and oxygen atoms in total. The first-order valence-corrected chi connectivity index (χ1v) is 7.79. The number of carbonyl (C=O) groups excluding carboxylic acids is 1. The van der Waals surface area contributed by atoms with Gasteiger partial charge in [0.25, 0.3) is 0 Å². The van der Waals surface area contributed by atoms with Gasteiger partial charge in [0.1, 0.15) is 0 Å². The number of aryl methyl sites for hydroxylation is 1. The molecule has 19 heavy (non-hydrogen) atoms. The van der Waals surface area contributed by atoms with E-state index in [9.17, 15) is 4.79 Å². The van der Waals surface area contributed by atoms with Gasteiger partial charge in [-0.25, -0.2) is 4.98 Å². The zero-order valence-electron chi connectivity index (χ0n) is 11.4. The summed E-state index contributed by atoms with van der Waals surface area (Å²) in [5.74, 6) is 0.191. The Labute approximate surface area is 118 Å². The number of carbonyl (C=O) groups is 1. The van der Waals surface area contributed by atoms with Crippen LogP contribution in [-0.2, 0) is 11.2 Å². The van der Waals surface area contributed by atoms with E-state index in [0.29, 0.717) is 13.1 Å². The molecule has 1 unspecified atom stereocenters. The summed E-state index contributed by atoms with van der Waals surface area (Å²) in [6.07, 6.45) is 2.96. The molecule has 1 aromatic heterocycles. The first-order chi connectivity index (χ1) is 9.24. The van der Waals surface area contributed by atoms with Crippen LogP contribution in [-0.4, -0.2) is 37.1 Å². The van der Waals surface area contributed by atoms with Crippen molar-refractivity contribution in [3.05, 3.63) is 11.1 Å². The van der Waals surface area contributed by atoms with Crippen molar-refractivity contribution in [2.24, 2.45) is 11.7 Å². The molecule has 1 saturated heterocycles. The summed E-state index contributed by atoms with van der Waals surface area (Å²) in [5, 5.41) is 6.04. The molecule has 6 heteroatoms. The van der Waals surface area contributed by atoms with Crippen LogP contribution in [0.2, 0.25) is 0 Å². The second kappa shape index (κ2) is 6.86. The monoisotopic (exact) mass is 282 g/mol. The summed E-state index contributed by atoms with van der Waals surface area (Å²) in [5.41, 5.74) is 6.54. The fraction of sp³-hybridized carbons (Fsp3) is 0.692. The van der Waals surface area contributed by atoms with Gasteiger partial charge in [0.05, 0.1) is 11.6 Å². The minimum absolute atomic E-state index is 0.0641. The van der Waals surface area contributed by atoms with E-state index in [1.54, 1.807) is 11.3 Å². The molecule has 0 spiro atoms. The van der Waals surface area contributed by atoms with Crippen LogP contribution in [0.5, 0.6) is 0 Å². The number of hydrogen-bond donors (Lipinski definition) is 2. The van der Waals surface area contributed by atoms with E-state index in [-0.39, 0.29) is 11.8 Å². The quantitative estimate of drug-likeness (QED) is 0.845. The molecule has 3 N–H and O–H groups in total. The van der Waals surface area contributed by atoms with Crippen LogP contribution in [0.25, 0.3) is 0 Å². The largest absolute Gasteiger partial charge is 0.355 e. The van der Waals surface area contributed by atoms with Gasteiger partial charge in [0.15, 0.2) is 5.13 Å². The third-order valence-electron chi connectivity index (χ3n) is 3.41. The summed E-state index contributed by atoms with van der Waals surface area (Å²) >= 11 is 1.68. The Bertz CT molecular complexity index is 421. The number of aromatic nitrogens is 1. The van der Waals surface area contributed by atoms with E-state index in [1.165, 1.54) is 0 Å². The number of thiazole rings is 1. The molecular weight excluding hydrogens is 260 g/mol. The standard InChI is InChI=1S/C13H22N4OS/c1-2-11-9-19-13(16-11)17-7-3-4-10(8-17)12(18)15-6-5-14/h9-10H,2-8,14H2,1H3,(H,15,18). The molecule has 0 bridgehead atoms. The highest BCUT2D eigenvalue weighted by atomic mass is 32.1. The van der Waals surface area contributed by atoms with Crippen molar-refractivity contribution >= 4 is 22.4 Å². The van der Waals surface area contributed by atoms with Crippen molar-refractivity contribution < 1.29 is 4.79 Å². The van der Waals surface area contributed by atoms with Crippen molar-refractivity contribution in [1.29, 1.82) is 0 Å². The second-order valence-electron chi connectivity index (χ2n) is 4.84. The molecule has 106 valence electrons. The highest BCUT2D eigenvalue weighted by Crippen LogP contribution is 2.26. The van der Waals surface area contributed by atoms with E-state index in [2.05, 4.69) is 27.5 Å². The Morgan fingerprint density at radius 1 is 1.68 bits per heavy atom. The maximum Gasteiger partial charge on any atom is 0.224 e. The van der Waals surface area contributed by atoms with Crippen molar-refractivity contribution in [1.82, 2.24) is 10.3 Å². The third-order valence-corrected chi connectivity index (χ3v) is 4.36. The third kappa shape index (κ3) is 3.67. The number of nitrogens with one attached hydrogen (secondary N) is 1. The normalized spacial score (nSPS) is 19.5. The fourth-order valence-electron chi connectivity index (χ4n) is 2.31. The molecule has 1 aromatic rings. The van der Waals surface area contributed by atoms with Crippen LogP contribution >= 0.6 is 11.3 Å². The molecule has 0 radical (unpaired) electrons. The molecule has 2 rings (SSSR count). The molecule has 1 fully saturated rings. The molecule has 2 heterocycles. The summed E-state index contributed by atoms with van der Waals surface area (Å²) in [6, 6.07) is 0. The lowest BCUT2D eigenvalue weighted by atomic mass is 9.97. The number of amides is 1. The van der Waals surface area contributed by atoms with E-state index in [0.717, 1.165) is 43.2 Å². The van der Waals surface area contributed by atoms with Crippen molar-refractivity contribution in [2.45, 2.75) is 26.2 Å². The number of rotatable bonds is 5. The molecule has 1 aliphatic heterocycles. The minimum Gasteiger partial charge on any atom is -0.355 e. The Morgan fingerprint density at radius 2 is 2.53 bits per heavy atom.